The molecule has 0 fully saturated rings. The number of carbonyl (C=O) groups is 1. The number of fused-ring (bicyclic) bond motifs is 1. The lowest BCUT2D eigenvalue weighted by atomic mass is 10.0. The third-order valence-corrected chi connectivity index (χ3v) is 4.46. The molecular weight excluding hydrogens is 338 g/mol. The number of methoxy groups -OCH3 is 1. The third-order valence-electron chi connectivity index (χ3n) is 4.46. The van der Waals surface area contributed by atoms with Crippen LogP contribution in [0.5, 0.6) is 5.75 Å². The minimum Gasteiger partial charge on any atom is -0.497 e. The molecule has 27 heavy (non-hydrogen) atoms. The highest BCUT2D eigenvalue weighted by molar-refractivity contribution is 5.90. The average molecular weight is 357 g/mol. The van der Waals surface area contributed by atoms with Crippen LogP contribution in [0.3, 0.4) is 0 Å². The van der Waals surface area contributed by atoms with E-state index in [0.717, 1.165) is 33.2 Å². The van der Waals surface area contributed by atoms with Crippen molar-refractivity contribution in [2.75, 3.05) is 7.11 Å². The maximum Gasteiger partial charge on any atom is 0.418 e. The standard InChI is InChI=1S/C23H19NO3/c1-26-22-9-5-8-18(13-22)19-10-11-20-14-24(15-21(20)12-19)23(25)27-16-17-6-3-2-4-7-17/h2-15H,16H2,1H3. The molecule has 0 saturated carbocycles. The molecule has 0 radical (unpaired) electrons. The Morgan fingerprint density at radius 2 is 1.63 bits per heavy atom. The molecule has 4 rings (SSSR count). The number of benzene rings is 3. The molecule has 3 aromatic carbocycles. The third kappa shape index (κ3) is 3.70. The fourth-order valence-corrected chi connectivity index (χ4v) is 3.02. The van der Waals surface area contributed by atoms with Gasteiger partial charge in [-0.3, -0.25) is 4.57 Å². The molecule has 0 aliphatic rings. The quantitative estimate of drug-likeness (QED) is 0.484. The minimum atomic E-state index is -0.391. The molecule has 134 valence electrons. The van der Waals surface area contributed by atoms with E-state index in [2.05, 4.69) is 6.07 Å². The first-order valence-corrected chi connectivity index (χ1v) is 8.70. The summed E-state index contributed by atoms with van der Waals surface area (Å²) in [5.74, 6) is 0.814. The lowest BCUT2D eigenvalue weighted by molar-refractivity contribution is 0.141. The molecule has 4 nitrogen and oxygen atoms in total. The van der Waals surface area contributed by atoms with Gasteiger partial charge in [0.05, 0.1) is 7.11 Å². The molecule has 1 heterocycles. The van der Waals surface area contributed by atoms with Gasteiger partial charge in [0.15, 0.2) is 0 Å². The van der Waals surface area contributed by atoms with Gasteiger partial charge in [0.25, 0.3) is 0 Å². The van der Waals surface area contributed by atoms with Crippen LogP contribution in [0.1, 0.15) is 5.56 Å². The van der Waals surface area contributed by atoms with Gasteiger partial charge < -0.3 is 9.47 Å². The molecule has 1 aromatic heterocycles. The molecule has 4 aromatic rings. The zero-order chi connectivity index (χ0) is 18.6. The van der Waals surface area contributed by atoms with Gasteiger partial charge in [0, 0.05) is 23.2 Å². The molecule has 0 aliphatic carbocycles. The summed E-state index contributed by atoms with van der Waals surface area (Å²) in [6.45, 7) is 0.253. The molecule has 4 heteroatoms. The number of carbonyl (C=O) groups excluding carboxylic acids is 1. The van der Waals surface area contributed by atoms with Gasteiger partial charge in [-0.15, -0.1) is 0 Å². The Bertz CT molecular complexity index is 1080. The topological polar surface area (TPSA) is 40.5 Å². The number of hydrogen-bond acceptors (Lipinski definition) is 3. The van der Waals surface area contributed by atoms with Crippen molar-refractivity contribution in [3.8, 4) is 16.9 Å². The molecule has 0 unspecified atom stereocenters. The summed E-state index contributed by atoms with van der Waals surface area (Å²) in [4.78, 5) is 12.4. The second kappa shape index (κ2) is 7.38. The SMILES string of the molecule is COc1cccc(-c2ccc3cn(C(=O)OCc4ccccc4)cc3c2)c1. The first-order chi connectivity index (χ1) is 13.2. The Kier molecular flexibility index (Phi) is 4.62. The molecule has 0 saturated heterocycles. The highest BCUT2D eigenvalue weighted by atomic mass is 16.5. The summed E-state index contributed by atoms with van der Waals surface area (Å²) in [6, 6.07) is 23.7. The van der Waals surface area contributed by atoms with Gasteiger partial charge in [0.1, 0.15) is 12.4 Å². The predicted molar refractivity (Wildman–Crippen MR) is 106 cm³/mol. The Balaban J connectivity index is 1.56. The van der Waals surface area contributed by atoms with Crippen LogP contribution in [0.25, 0.3) is 21.9 Å². The van der Waals surface area contributed by atoms with Gasteiger partial charge in [-0.05, 0) is 34.9 Å². The van der Waals surface area contributed by atoms with Crippen molar-refractivity contribution < 1.29 is 14.3 Å². The maximum absolute atomic E-state index is 12.4. The van der Waals surface area contributed by atoms with Crippen LogP contribution >= 0.6 is 0 Å². The monoisotopic (exact) mass is 357 g/mol. The van der Waals surface area contributed by atoms with Gasteiger partial charge in [-0.2, -0.15) is 0 Å². The van der Waals surface area contributed by atoms with Crippen molar-refractivity contribution in [2.45, 2.75) is 6.61 Å². The van der Waals surface area contributed by atoms with E-state index in [1.807, 2.05) is 66.7 Å². The summed E-state index contributed by atoms with van der Waals surface area (Å²) in [5, 5.41) is 1.96. The summed E-state index contributed by atoms with van der Waals surface area (Å²) in [7, 11) is 1.66. The van der Waals surface area contributed by atoms with Crippen LogP contribution < -0.4 is 4.74 Å². The first kappa shape index (κ1) is 16.9. The molecule has 0 N–H and O–H groups in total. The largest absolute Gasteiger partial charge is 0.497 e. The number of nitrogens with zero attached hydrogens (tertiary/aromatic N) is 1. The van der Waals surface area contributed by atoms with Crippen molar-refractivity contribution in [2.24, 2.45) is 0 Å². The van der Waals surface area contributed by atoms with Crippen molar-refractivity contribution in [3.05, 3.63) is 90.8 Å². The summed E-state index contributed by atoms with van der Waals surface area (Å²) in [5.41, 5.74) is 3.09. The van der Waals surface area contributed by atoms with E-state index in [1.54, 1.807) is 19.5 Å². The fraction of sp³-hybridized carbons (Fsp3) is 0.0870. The van der Waals surface area contributed by atoms with Gasteiger partial charge in [-0.1, -0.05) is 54.6 Å². The van der Waals surface area contributed by atoms with Crippen LogP contribution in [0, 0.1) is 0 Å². The van der Waals surface area contributed by atoms with Gasteiger partial charge >= 0.3 is 6.09 Å². The molecule has 0 atom stereocenters. The van der Waals surface area contributed by atoms with Crippen LogP contribution in [0.15, 0.2) is 85.2 Å². The van der Waals surface area contributed by atoms with E-state index >= 15 is 0 Å². The van der Waals surface area contributed by atoms with Crippen molar-refractivity contribution in [1.82, 2.24) is 4.57 Å². The fourth-order valence-electron chi connectivity index (χ4n) is 3.02. The average Bonchev–Trinajstić information content (AvgIpc) is 3.16. The Morgan fingerprint density at radius 1 is 0.852 bits per heavy atom. The van der Waals surface area contributed by atoms with E-state index in [1.165, 1.54) is 4.57 Å². The molecule has 0 spiro atoms. The molecular formula is C23H19NO3. The van der Waals surface area contributed by atoms with Crippen molar-refractivity contribution in [1.29, 1.82) is 0 Å². The van der Waals surface area contributed by atoms with Crippen molar-refractivity contribution >= 4 is 16.9 Å². The Hall–Kier alpha value is -3.53. The second-order valence-electron chi connectivity index (χ2n) is 6.28. The van der Waals surface area contributed by atoms with Crippen molar-refractivity contribution in [3.63, 3.8) is 0 Å². The van der Waals surface area contributed by atoms with E-state index in [-0.39, 0.29) is 6.61 Å². The van der Waals surface area contributed by atoms with Gasteiger partial charge in [0.2, 0.25) is 0 Å². The van der Waals surface area contributed by atoms with E-state index in [0.29, 0.717) is 0 Å². The van der Waals surface area contributed by atoms with Crippen LogP contribution in [-0.2, 0) is 11.3 Å². The summed E-state index contributed by atoms with van der Waals surface area (Å²) in [6.07, 6.45) is 3.20. The number of aromatic nitrogens is 1. The lowest BCUT2D eigenvalue weighted by Gasteiger charge is -2.05. The van der Waals surface area contributed by atoms with Crippen LogP contribution in [0.2, 0.25) is 0 Å². The maximum atomic E-state index is 12.4. The van der Waals surface area contributed by atoms with Crippen LogP contribution in [0.4, 0.5) is 4.79 Å². The van der Waals surface area contributed by atoms with E-state index in [9.17, 15) is 4.79 Å². The number of rotatable bonds is 4. The summed E-state index contributed by atoms with van der Waals surface area (Å²) < 4.78 is 12.2. The second-order valence-corrected chi connectivity index (χ2v) is 6.28. The predicted octanol–water partition coefficient (Wildman–Crippen LogP) is 5.50. The lowest BCUT2D eigenvalue weighted by Crippen LogP contribution is -2.11. The Labute approximate surface area is 157 Å². The molecule has 0 bridgehead atoms. The van der Waals surface area contributed by atoms with E-state index < -0.39 is 6.09 Å². The van der Waals surface area contributed by atoms with Gasteiger partial charge in [-0.25, -0.2) is 4.79 Å². The minimum absolute atomic E-state index is 0.253. The van der Waals surface area contributed by atoms with Crippen LogP contribution in [-0.4, -0.2) is 17.8 Å². The number of hydrogen-bond donors (Lipinski definition) is 0. The smallest absolute Gasteiger partial charge is 0.418 e. The number of ether oxygens (including phenoxy) is 2. The first-order valence-electron chi connectivity index (χ1n) is 8.70. The molecule has 0 amide bonds. The van der Waals surface area contributed by atoms with E-state index in [4.69, 9.17) is 9.47 Å². The highest BCUT2D eigenvalue weighted by Crippen LogP contribution is 2.27. The summed E-state index contributed by atoms with van der Waals surface area (Å²) >= 11 is 0. The Morgan fingerprint density at radius 3 is 2.44 bits per heavy atom. The molecule has 0 aliphatic heterocycles. The highest BCUT2D eigenvalue weighted by Gasteiger charge is 2.09. The zero-order valence-electron chi connectivity index (χ0n) is 15.0. The zero-order valence-corrected chi connectivity index (χ0v) is 15.0. The normalized spacial score (nSPS) is 10.7.